The van der Waals surface area contributed by atoms with Crippen molar-refractivity contribution in [2.45, 2.75) is 28.9 Å². The second-order valence-corrected chi connectivity index (χ2v) is 8.76. The Balaban J connectivity index is 1.56. The monoisotopic (exact) mass is 452 g/mol. The average Bonchev–Trinajstić information content (AvgIpc) is 3.21. The lowest BCUT2D eigenvalue weighted by Crippen LogP contribution is -2.44. The Hall–Kier alpha value is -3.25. The Kier molecular flexibility index (Phi) is 4.85. The molecule has 4 rings (SSSR count). The number of aromatic nitrogens is 3. The highest BCUT2D eigenvalue weighted by Crippen LogP contribution is 2.52. The quantitative estimate of drug-likeness (QED) is 0.594. The molecule has 0 amide bonds. The van der Waals surface area contributed by atoms with Crippen LogP contribution in [-0.4, -0.2) is 39.8 Å². The lowest BCUT2D eigenvalue weighted by atomic mass is 10.1. The number of aliphatic carboxylic acids is 1. The first kappa shape index (κ1) is 21.0. The second kappa shape index (κ2) is 7.17. The highest BCUT2D eigenvalue weighted by atomic mass is 32.2. The molecule has 1 aromatic carbocycles. The first-order valence-corrected chi connectivity index (χ1v) is 10.4. The van der Waals surface area contributed by atoms with Gasteiger partial charge in [-0.3, -0.25) is 4.79 Å². The predicted octanol–water partition coefficient (Wildman–Crippen LogP) is 2.58. The van der Waals surface area contributed by atoms with E-state index in [-0.39, 0.29) is 17.1 Å². The van der Waals surface area contributed by atoms with Crippen molar-refractivity contribution >= 4 is 16.0 Å². The standard InChI is InChI=1S/C19H15F3N4O4S/c20-19(21,22)13-9-24-26(11-13)16-7-6-14(10-23-16)31(29,30)25-18(17(27)28)8-15(18)12-4-2-1-3-5-12/h1-7,9-11,15,25H,8H2,(H,27,28)/t15-,18-/m0/s1. The van der Waals surface area contributed by atoms with Crippen molar-refractivity contribution in [3.63, 3.8) is 0 Å². The van der Waals surface area contributed by atoms with E-state index in [9.17, 15) is 31.5 Å². The van der Waals surface area contributed by atoms with E-state index in [0.717, 1.165) is 23.1 Å². The Morgan fingerprint density at radius 2 is 1.87 bits per heavy atom. The number of hydrogen-bond donors (Lipinski definition) is 2. The summed E-state index contributed by atoms with van der Waals surface area (Å²) in [4.78, 5) is 15.4. The molecule has 0 bridgehead atoms. The van der Waals surface area contributed by atoms with Crippen molar-refractivity contribution < 1.29 is 31.5 Å². The molecular weight excluding hydrogens is 437 g/mol. The number of carboxylic acids is 1. The van der Waals surface area contributed by atoms with Gasteiger partial charge in [-0.1, -0.05) is 30.3 Å². The fourth-order valence-corrected chi connectivity index (χ4v) is 4.65. The smallest absolute Gasteiger partial charge is 0.419 e. The van der Waals surface area contributed by atoms with Crippen molar-refractivity contribution in [2.75, 3.05) is 0 Å². The summed E-state index contributed by atoms with van der Waals surface area (Å²) >= 11 is 0. The van der Waals surface area contributed by atoms with Crippen LogP contribution >= 0.6 is 0 Å². The second-order valence-electron chi connectivity index (χ2n) is 7.07. The van der Waals surface area contributed by atoms with E-state index < -0.39 is 39.2 Å². The summed E-state index contributed by atoms with van der Waals surface area (Å²) in [6.07, 6.45) is -2.20. The Morgan fingerprint density at radius 1 is 1.16 bits per heavy atom. The van der Waals surface area contributed by atoms with Gasteiger partial charge in [0.15, 0.2) is 5.82 Å². The van der Waals surface area contributed by atoms with Gasteiger partial charge in [0.05, 0.1) is 11.8 Å². The zero-order valence-corrected chi connectivity index (χ0v) is 16.4. The molecule has 31 heavy (non-hydrogen) atoms. The lowest BCUT2D eigenvalue weighted by molar-refractivity contribution is -0.140. The summed E-state index contributed by atoms with van der Waals surface area (Å²) in [7, 11) is -4.26. The van der Waals surface area contributed by atoms with Crippen molar-refractivity contribution in [1.82, 2.24) is 19.5 Å². The molecule has 8 nitrogen and oxygen atoms in total. The van der Waals surface area contributed by atoms with Gasteiger partial charge >= 0.3 is 12.1 Å². The first-order valence-electron chi connectivity index (χ1n) is 8.93. The van der Waals surface area contributed by atoms with Gasteiger partial charge < -0.3 is 5.11 Å². The molecule has 0 radical (unpaired) electrons. The maximum atomic E-state index is 12.8. The highest BCUT2D eigenvalue weighted by Gasteiger charge is 2.63. The molecule has 1 saturated carbocycles. The SMILES string of the molecule is O=C(O)[C@]1(NS(=O)(=O)c2ccc(-n3cc(C(F)(F)F)cn3)nc2)C[C@H]1c1ccccc1. The fraction of sp³-hybridized carbons (Fsp3) is 0.211. The van der Waals surface area contributed by atoms with Crippen LogP contribution < -0.4 is 4.72 Å². The van der Waals surface area contributed by atoms with E-state index in [2.05, 4.69) is 14.8 Å². The van der Waals surface area contributed by atoms with Gasteiger partial charge in [0, 0.05) is 18.3 Å². The van der Waals surface area contributed by atoms with Gasteiger partial charge in [0.1, 0.15) is 10.4 Å². The van der Waals surface area contributed by atoms with Crippen LogP contribution in [0.3, 0.4) is 0 Å². The molecule has 2 atom stereocenters. The van der Waals surface area contributed by atoms with E-state index in [1.807, 2.05) is 0 Å². The van der Waals surface area contributed by atoms with Crippen LogP contribution in [0.1, 0.15) is 23.5 Å². The molecule has 2 N–H and O–H groups in total. The molecule has 0 saturated heterocycles. The van der Waals surface area contributed by atoms with E-state index in [1.165, 1.54) is 6.07 Å². The van der Waals surface area contributed by atoms with Crippen LogP contribution in [0.25, 0.3) is 5.82 Å². The third-order valence-corrected chi connectivity index (χ3v) is 6.53. The number of nitrogens with one attached hydrogen (secondary N) is 1. The van der Waals surface area contributed by atoms with Crippen molar-refractivity contribution in [2.24, 2.45) is 0 Å². The largest absolute Gasteiger partial charge is 0.480 e. The molecule has 1 aliphatic carbocycles. The van der Waals surface area contributed by atoms with Gasteiger partial charge in [-0.05, 0) is 24.1 Å². The summed E-state index contributed by atoms with van der Waals surface area (Å²) in [6.45, 7) is 0. The highest BCUT2D eigenvalue weighted by molar-refractivity contribution is 7.89. The molecule has 3 aromatic rings. The van der Waals surface area contributed by atoms with Gasteiger partial charge in [-0.25, -0.2) is 18.1 Å². The first-order chi connectivity index (χ1) is 14.5. The number of pyridine rings is 1. The third kappa shape index (κ3) is 3.91. The topological polar surface area (TPSA) is 114 Å². The molecule has 2 heterocycles. The summed E-state index contributed by atoms with van der Waals surface area (Å²) in [5.74, 6) is -1.86. The average molecular weight is 452 g/mol. The summed E-state index contributed by atoms with van der Waals surface area (Å²) in [5.41, 5.74) is -1.96. The molecular formula is C19H15F3N4O4S. The number of alkyl halides is 3. The third-order valence-electron chi connectivity index (χ3n) is 5.04. The van der Waals surface area contributed by atoms with E-state index >= 15 is 0 Å². The lowest BCUT2D eigenvalue weighted by Gasteiger charge is -2.15. The number of carbonyl (C=O) groups is 1. The van der Waals surface area contributed by atoms with Crippen LogP contribution in [0.5, 0.6) is 0 Å². The maximum Gasteiger partial charge on any atom is 0.419 e. The predicted molar refractivity (Wildman–Crippen MR) is 101 cm³/mol. The van der Waals surface area contributed by atoms with Gasteiger partial charge in [0.2, 0.25) is 10.0 Å². The number of carboxylic acid groups (broad SMARTS) is 1. The summed E-state index contributed by atoms with van der Waals surface area (Å²) in [5, 5.41) is 13.2. The molecule has 0 spiro atoms. The van der Waals surface area contributed by atoms with Crippen molar-refractivity contribution in [3.8, 4) is 5.82 Å². The van der Waals surface area contributed by atoms with Crippen molar-refractivity contribution in [3.05, 3.63) is 72.2 Å². The van der Waals surface area contributed by atoms with Crippen LogP contribution in [0.15, 0.2) is 66.0 Å². The minimum Gasteiger partial charge on any atom is -0.480 e. The number of rotatable bonds is 6. The van der Waals surface area contributed by atoms with Gasteiger partial charge in [0.25, 0.3) is 0 Å². The van der Waals surface area contributed by atoms with E-state index in [0.29, 0.717) is 11.8 Å². The summed E-state index contributed by atoms with van der Waals surface area (Å²) < 4.78 is 66.8. The molecule has 162 valence electrons. The molecule has 12 heteroatoms. The Labute approximate surface area is 174 Å². The summed E-state index contributed by atoms with van der Waals surface area (Å²) in [6, 6.07) is 11.0. The van der Waals surface area contributed by atoms with Gasteiger partial charge in [-0.15, -0.1) is 0 Å². The number of benzene rings is 1. The van der Waals surface area contributed by atoms with Crippen molar-refractivity contribution in [1.29, 1.82) is 0 Å². The minimum atomic E-state index is -4.57. The van der Waals surface area contributed by atoms with Crippen LogP contribution in [-0.2, 0) is 21.0 Å². The minimum absolute atomic E-state index is 0.0315. The molecule has 0 aliphatic heterocycles. The normalized spacial score (nSPS) is 21.1. The Bertz CT molecular complexity index is 1230. The van der Waals surface area contributed by atoms with Crippen LogP contribution in [0.4, 0.5) is 13.2 Å². The number of nitrogens with zero attached hydrogens (tertiary/aromatic N) is 3. The van der Waals surface area contributed by atoms with Gasteiger partial charge in [-0.2, -0.15) is 23.0 Å². The van der Waals surface area contributed by atoms with E-state index in [1.54, 1.807) is 30.3 Å². The zero-order valence-electron chi connectivity index (χ0n) is 15.6. The number of hydrogen-bond acceptors (Lipinski definition) is 5. The zero-order chi connectivity index (χ0) is 22.4. The van der Waals surface area contributed by atoms with E-state index in [4.69, 9.17) is 0 Å². The number of halogens is 3. The van der Waals surface area contributed by atoms with Crippen LogP contribution in [0.2, 0.25) is 0 Å². The molecule has 0 unspecified atom stereocenters. The molecule has 1 aliphatic rings. The number of sulfonamides is 1. The fourth-order valence-electron chi connectivity index (χ4n) is 3.30. The maximum absolute atomic E-state index is 12.8. The van der Waals surface area contributed by atoms with Crippen LogP contribution in [0, 0.1) is 0 Å². The molecule has 1 fully saturated rings. The Morgan fingerprint density at radius 3 is 2.42 bits per heavy atom. The molecule has 2 aromatic heterocycles.